The molecule has 0 radical (unpaired) electrons. The molecule has 3 heteroatoms. The maximum atomic E-state index is 5.49. The minimum Gasteiger partial charge on any atom is -0.378 e. The van der Waals surface area contributed by atoms with E-state index in [2.05, 4.69) is 49.3 Å². The summed E-state index contributed by atoms with van der Waals surface area (Å²) in [5, 5.41) is 3.49. The largest absolute Gasteiger partial charge is 0.378 e. The lowest BCUT2D eigenvalue weighted by Crippen LogP contribution is -2.47. The summed E-state index contributed by atoms with van der Waals surface area (Å²) in [5.74, 6) is 0. The zero-order valence-electron chi connectivity index (χ0n) is 11.0. The van der Waals surface area contributed by atoms with Crippen molar-refractivity contribution in [3.05, 3.63) is 29.3 Å². The van der Waals surface area contributed by atoms with Crippen LogP contribution in [0.1, 0.15) is 11.1 Å². The number of aryl methyl sites for hydroxylation is 2. The predicted octanol–water partition coefficient (Wildman–Crippen LogP) is 1.73. The third kappa shape index (κ3) is 2.99. The standard InChI is InChI=1S/C14H22N2O/c1-11-5-4-6-12(2)14(11)16(3)9-13-10-17-8-7-15-13/h4-6,13,15H,7-10H2,1-3H3. The van der Waals surface area contributed by atoms with Crippen LogP contribution in [0.25, 0.3) is 0 Å². The lowest BCUT2D eigenvalue weighted by Gasteiger charge is -2.31. The molecular weight excluding hydrogens is 212 g/mol. The molecule has 2 rings (SSSR count). The minimum atomic E-state index is 0.438. The van der Waals surface area contributed by atoms with Crippen LogP contribution < -0.4 is 10.2 Å². The fourth-order valence-corrected chi connectivity index (χ4v) is 2.57. The van der Waals surface area contributed by atoms with E-state index in [0.29, 0.717) is 6.04 Å². The first kappa shape index (κ1) is 12.4. The summed E-state index contributed by atoms with van der Waals surface area (Å²) < 4.78 is 5.49. The van der Waals surface area contributed by atoms with Gasteiger partial charge in [-0.15, -0.1) is 0 Å². The summed E-state index contributed by atoms with van der Waals surface area (Å²) in [6, 6.07) is 6.89. The van der Waals surface area contributed by atoms with Crippen molar-refractivity contribution in [3.8, 4) is 0 Å². The first-order valence-electron chi connectivity index (χ1n) is 6.27. The van der Waals surface area contributed by atoms with Crippen molar-refractivity contribution in [2.75, 3.05) is 38.3 Å². The number of hydrogen-bond donors (Lipinski definition) is 1. The van der Waals surface area contributed by atoms with Crippen LogP contribution in [0.2, 0.25) is 0 Å². The number of rotatable bonds is 3. The fourth-order valence-electron chi connectivity index (χ4n) is 2.57. The van der Waals surface area contributed by atoms with Crippen molar-refractivity contribution in [1.29, 1.82) is 0 Å². The Balaban J connectivity index is 2.05. The molecule has 94 valence electrons. The molecule has 3 nitrogen and oxygen atoms in total. The number of anilines is 1. The summed E-state index contributed by atoms with van der Waals surface area (Å²) in [4.78, 5) is 2.33. The van der Waals surface area contributed by atoms with Crippen molar-refractivity contribution in [2.45, 2.75) is 19.9 Å². The molecule has 17 heavy (non-hydrogen) atoms. The van der Waals surface area contributed by atoms with Crippen LogP contribution in [0.4, 0.5) is 5.69 Å². The highest BCUT2D eigenvalue weighted by Crippen LogP contribution is 2.23. The Labute approximate surface area is 104 Å². The highest BCUT2D eigenvalue weighted by atomic mass is 16.5. The van der Waals surface area contributed by atoms with E-state index in [1.54, 1.807) is 0 Å². The third-order valence-electron chi connectivity index (χ3n) is 3.31. The van der Waals surface area contributed by atoms with Gasteiger partial charge in [0.2, 0.25) is 0 Å². The SMILES string of the molecule is Cc1cccc(C)c1N(C)CC1COCCN1. The van der Waals surface area contributed by atoms with Crippen molar-refractivity contribution < 1.29 is 4.74 Å². The highest BCUT2D eigenvalue weighted by molar-refractivity contribution is 5.58. The molecule has 0 bridgehead atoms. The van der Waals surface area contributed by atoms with Gasteiger partial charge in [-0.1, -0.05) is 18.2 Å². The molecule has 0 aliphatic carbocycles. The van der Waals surface area contributed by atoms with Gasteiger partial charge in [0.15, 0.2) is 0 Å². The van der Waals surface area contributed by atoms with Crippen molar-refractivity contribution >= 4 is 5.69 Å². The fraction of sp³-hybridized carbons (Fsp3) is 0.571. The second-order valence-electron chi connectivity index (χ2n) is 4.85. The van der Waals surface area contributed by atoms with Crippen LogP contribution >= 0.6 is 0 Å². The van der Waals surface area contributed by atoms with Crippen LogP contribution in [-0.2, 0) is 4.74 Å². The average molecular weight is 234 g/mol. The van der Waals surface area contributed by atoms with E-state index in [1.165, 1.54) is 16.8 Å². The maximum absolute atomic E-state index is 5.49. The molecule has 1 aromatic rings. The molecule has 1 fully saturated rings. The van der Waals surface area contributed by atoms with E-state index >= 15 is 0 Å². The molecule has 0 saturated carbocycles. The smallest absolute Gasteiger partial charge is 0.0637 e. The van der Waals surface area contributed by atoms with Gasteiger partial charge in [-0.25, -0.2) is 0 Å². The Morgan fingerprint density at radius 3 is 2.65 bits per heavy atom. The molecule has 1 aliphatic heterocycles. The minimum absolute atomic E-state index is 0.438. The number of para-hydroxylation sites is 1. The summed E-state index contributed by atoms with van der Waals surface area (Å²) in [7, 11) is 2.16. The van der Waals surface area contributed by atoms with Crippen molar-refractivity contribution in [2.24, 2.45) is 0 Å². The van der Waals surface area contributed by atoms with Gasteiger partial charge in [-0.3, -0.25) is 0 Å². The van der Waals surface area contributed by atoms with E-state index in [9.17, 15) is 0 Å². The van der Waals surface area contributed by atoms with E-state index in [-0.39, 0.29) is 0 Å². The zero-order valence-corrected chi connectivity index (χ0v) is 11.0. The first-order valence-corrected chi connectivity index (χ1v) is 6.27. The summed E-state index contributed by atoms with van der Waals surface area (Å²) in [6.07, 6.45) is 0. The Hall–Kier alpha value is -1.06. The molecule has 1 aromatic carbocycles. The van der Waals surface area contributed by atoms with Crippen LogP contribution in [0.5, 0.6) is 0 Å². The third-order valence-corrected chi connectivity index (χ3v) is 3.31. The van der Waals surface area contributed by atoms with E-state index in [4.69, 9.17) is 4.74 Å². The molecule has 1 atom stereocenters. The summed E-state index contributed by atoms with van der Waals surface area (Å²) in [5.41, 5.74) is 4.02. The van der Waals surface area contributed by atoms with Gasteiger partial charge in [0, 0.05) is 31.9 Å². The Kier molecular flexibility index (Phi) is 4.02. The molecule has 1 N–H and O–H groups in total. The van der Waals surface area contributed by atoms with Gasteiger partial charge >= 0.3 is 0 Å². The number of morpholine rings is 1. The zero-order chi connectivity index (χ0) is 12.3. The van der Waals surface area contributed by atoms with Gasteiger partial charge in [0.25, 0.3) is 0 Å². The average Bonchev–Trinajstić information content (AvgIpc) is 2.30. The maximum Gasteiger partial charge on any atom is 0.0637 e. The van der Waals surface area contributed by atoms with Gasteiger partial charge < -0.3 is 15.0 Å². The monoisotopic (exact) mass is 234 g/mol. The number of nitrogens with one attached hydrogen (secondary N) is 1. The predicted molar refractivity (Wildman–Crippen MR) is 71.8 cm³/mol. The molecule has 0 aromatic heterocycles. The normalized spacial score (nSPS) is 20.3. The quantitative estimate of drug-likeness (QED) is 0.862. The van der Waals surface area contributed by atoms with E-state index in [0.717, 1.165) is 26.3 Å². The molecule has 1 unspecified atom stereocenters. The molecule has 1 saturated heterocycles. The van der Waals surface area contributed by atoms with Gasteiger partial charge in [0.05, 0.1) is 13.2 Å². The van der Waals surface area contributed by atoms with Crippen LogP contribution in [-0.4, -0.2) is 39.4 Å². The number of ether oxygens (including phenoxy) is 1. The van der Waals surface area contributed by atoms with Gasteiger partial charge in [0.1, 0.15) is 0 Å². The summed E-state index contributed by atoms with van der Waals surface area (Å²) in [6.45, 7) is 7.95. The van der Waals surface area contributed by atoms with Crippen LogP contribution in [0, 0.1) is 13.8 Å². The van der Waals surface area contributed by atoms with Gasteiger partial charge in [-0.2, -0.15) is 0 Å². The van der Waals surface area contributed by atoms with Crippen molar-refractivity contribution in [1.82, 2.24) is 5.32 Å². The second kappa shape index (κ2) is 5.52. The number of nitrogens with zero attached hydrogens (tertiary/aromatic N) is 1. The highest BCUT2D eigenvalue weighted by Gasteiger charge is 2.16. The molecular formula is C14H22N2O. The molecule has 1 aliphatic rings. The van der Waals surface area contributed by atoms with Crippen LogP contribution in [0.3, 0.4) is 0 Å². The lowest BCUT2D eigenvalue weighted by atomic mass is 10.1. The molecule has 1 heterocycles. The molecule has 0 spiro atoms. The van der Waals surface area contributed by atoms with Crippen LogP contribution in [0.15, 0.2) is 18.2 Å². The van der Waals surface area contributed by atoms with E-state index < -0.39 is 0 Å². The Morgan fingerprint density at radius 1 is 1.35 bits per heavy atom. The molecule has 0 amide bonds. The lowest BCUT2D eigenvalue weighted by molar-refractivity contribution is 0.0791. The Morgan fingerprint density at radius 2 is 2.06 bits per heavy atom. The topological polar surface area (TPSA) is 24.5 Å². The van der Waals surface area contributed by atoms with Crippen molar-refractivity contribution in [3.63, 3.8) is 0 Å². The number of likely N-dealkylation sites (N-methyl/N-ethyl adjacent to an activating group) is 1. The first-order chi connectivity index (χ1) is 8.18. The van der Waals surface area contributed by atoms with E-state index in [1.807, 2.05) is 0 Å². The number of benzene rings is 1. The Bertz CT molecular complexity index is 352. The second-order valence-corrected chi connectivity index (χ2v) is 4.85. The van der Waals surface area contributed by atoms with Gasteiger partial charge in [-0.05, 0) is 25.0 Å². The number of hydrogen-bond acceptors (Lipinski definition) is 3. The summed E-state index contributed by atoms with van der Waals surface area (Å²) >= 11 is 0.